The van der Waals surface area contributed by atoms with E-state index in [9.17, 15) is 23.1 Å². The molecule has 1 fully saturated rings. The second-order valence-electron chi connectivity index (χ2n) is 10.2. The first-order valence-corrected chi connectivity index (χ1v) is 13.3. The van der Waals surface area contributed by atoms with Crippen molar-refractivity contribution >= 4 is 17.5 Å². The average molecular weight is 597 g/mol. The number of nitrogens with two attached hydrogens (primary N) is 1. The maximum atomic E-state index is 15.7. The molecule has 0 aromatic heterocycles. The molecule has 1 saturated carbocycles. The maximum Gasteiger partial charge on any atom is 0.387 e. The number of benzene rings is 3. The van der Waals surface area contributed by atoms with E-state index in [4.69, 9.17) is 22.1 Å². The number of carbonyl (C=O) groups excluding carboxylic acids is 1. The Bertz CT molecular complexity index is 1460. The van der Waals surface area contributed by atoms with Gasteiger partial charge in [0.05, 0.1) is 16.7 Å². The molecule has 0 radical (unpaired) electrons. The largest absolute Gasteiger partial charge is 0.480 e. The molecule has 1 amide bonds. The van der Waals surface area contributed by atoms with E-state index in [0.717, 1.165) is 18.2 Å². The van der Waals surface area contributed by atoms with Crippen LogP contribution in [0.15, 0.2) is 48.5 Å². The molecule has 6 nitrogen and oxygen atoms in total. The van der Waals surface area contributed by atoms with Crippen molar-refractivity contribution < 1.29 is 41.3 Å². The lowest BCUT2D eigenvalue weighted by molar-refractivity contribution is -0.0521. The van der Waals surface area contributed by atoms with E-state index in [0.29, 0.717) is 12.0 Å². The van der Waals surface area contributed by atoms with Crippen molar-refractivity contribution in [2.75, 3.05) is 6.54 Å². The normalized spacial score (nSPS) is 23.8. The van der Waals surface area contributed by atoms with Gasteiger partial charge in [0.25, 0.3) is 0 Å². The third-order valence-corrected chi connectivity index (χ3v) is 7.98. The average Bonchev–Trinajstić information content (AvgIpc) is 3.31. The van der Waals surface area contributed by atoms with Gasteiger partial charge in [0.1, 0.15) is 17.7 Å². The van der Waals surface area contributed by atoms with Gasteiger partial charge in [0.15, 0.2) is 17.2 Å². The van der Waals surface area contributed by atoms with Gasteiger partial charge in [-0.2, -0.15) is 8.78 Å². The van der Waals surface area contributed by atoms with Crippen LogP contribution in [0.4, 0.5) is 22.0 Å². The van der Waals surface area contributed by atoms with Crippen LogP contribution in [0.1, 0.15) is 40.7 Å². The summed E-state index contributed by atoms with van der Waals surface area (Å²) >= 11 is 6.37. The van der Waals surface area contributed by atoms with E-state index in [1.165, 1.54) is 0 Å². The van der Waals surface area contributed by atoms with Crippen LogP contribution in [0, 0.1) is 11.6 Å². The molecule has 3 aromatic rings. The number of primary amides is 1. The zero-order valence-corrected chi connectivity index (χ0v) is 22.2. The molecule has 3 aromatic carbocycles. The summed E-state index contributed by atoms with van der Waals surface area (Å²) in [6, 6.07) is 11.4. The molecular weight excluding hydrogens is 571 g/mol. The van der Waals surface area contributed by atoms with Gasteiger partial charge in [-0.25, -0.2) is 13.2 Å². The number of rotatable bonds is 8. The minimum atomic E-state index is -3.38. The van der Waals surface area contributed by atoms with Gasteiger partial charge in [-0.15, -0.1) is 0 Å². The summed E-state index contributed by atoms with van der Waals surface area (Å²) in [5.74, 6) is -4.38. The monoisotopic (exact) mass is 596 g/mol. The van der Waals surface area contributed by atoms with E-state index in [-0.39, 0.29) is 48.7 Å². The number of aliphatic hydroxyl groups is 1. The van der Waals surface area contributed by atoms with Crippen LogP contribution < -0.4 is 20.5 Å². The first-order chi connectivity index (χ1) is 19.5. The van der Waals surface area contributed by atoms with Crippen LogP contribution in [0.2, 0.25) is 5.02 Å². The molecule has 0 saturated heterocycles. The quantitative estimate of drug-likeness (QED) is 0.292. The van der Waals surface area contributed by atoms with Crippen molar-refractivity contribution in [3.05, 3.63) is 81.9 Å². The lowest BCUT2D eigenvalue weighted by atomic mass is 9.84. The SMILES string of the molecule is NC(=O)c1ccc(OC(F)F)c(F)c1-c1c(Cl)c(F)cc2c1CC(CN[C@@H]1CC[C@H](O)[C@@H](F)C1)(c1ccccc1)O2. The predicted molar refractivity (Wildman–Crippen MR) is 141 cm³/mol. The molecule has 1 aliphatic heterocycles. The summed E-state index contributed by atoms with van der Waals surface area (Å²) < 4.78 is 81.8. The lowest BCUT2D eigenvalue weighted by Crippen LogP contribution is -2.48. The fraction of sp³-hybridized carbons (Fsp3) is 0.345. The molecule has 0 bridgehead atoms. The number of alkyl halides is 3. The first-order valence-electron chi connectivity index (χ1n) is 12.9. The smallest absolute Gasteiger partial charge is 0.387 e. The van der Waals surface area contributed by atoms with E-state index in [1.54, 1.807) is 30.3 Å². The molecule has 4 atom stereocenters. The van der Waals surface area contributed by atoms with Crippen LogP contribution in [-0.2, 0) is 12.0 Å². The predicted octanol–water partition coefficient (Wildman–Crippen LogP) is 5.66. The van der Waals surface area contributed by atoms with Gasteiger partial charge in [-0.3, -0.25) is 4.79 Å². The summed E-state index contributed by atoms with van der Waals surface area (Å²) in [5, 5.41) is 12.5. The summed E-state index contributed by atoms with van der Waals surface area (Å²) in [6.07, 6.45) is -1.58. The van der Waals surface area contributed by atoms with Gasteiger partial charge in [-0.1, -0.05) is 41.9 Å². The van der Waals surface area contributed by atoms with Crippen molar-refractivity contribution in [3.8, 4) is 22.6 Å². The van der Waals surface area contributed by atoms with Crippen molar-refractivity contribution in [2.45, 2.75) is 56.2 Å². The van der Waals surface area contributed by atoms with Gasteiger partial charge in [-0.05, 0) is 37.0 Å². The maximum absolute atomic E-state index is 15.7. The van der Waals surface area contributed by atoms with Gasteiger partial charge >= 0.3 is 6.61 Å². The van der Waals surface area contributed by atoms with Crippen LogP contribution in [0.5, 0.6) is 11.5 Å². The highest BCUT2D eigenvalue weighted by atomic mass is 35.5. The topological polar surface area (TPSA) is 93.8 Å². The Kier molecular flexibility index (Phi) is 8.13. The van der Waals surface area contributed by atoms with Crippen LogP contribution in [-0.4, -0.2) is 42.5 Å². The fourth-order valence-electron chi connectivity index (χ4n) is 5.59. The number of amides is 1. The molecule has 1 unspecified atom stereocenters. The lowest BCUT2D eigenvalue weighted by Gasteiger charge is -2.34. The number of nitrogens with one attached hydrogen (secondary N) is 1. The number of carbonyl (C=O) groups is 1. The summed E-state index contributed by atoms with van der Waals surface area (Å²) in [4.78, 5) is 12.3. The zero-order valence-electron chi connectivity index (χ0n) is 21.5. The molecule has 12 heteroatoms. The summed E-state index contributed by atoms with van der Waals surface area (Å²) in [5.41, 5.74) is 3.83. The van der Waals surface area contributed by atoms with E-state index >= 15 is 8.78 Å². The molecule has 1 heterocycles. The van der Waals surface area contributed by atoms with Gasteiger partial charge in [0.2, 0.25) is 5.91 Å². The van der Waals surface area contributed by atoms with Crippen LogP contribution in [0.25, 0.3) is 11.1 Å². The number of hydrogen-bond donors (Lipinski definition) is 3. The Labute approximate surface area is 237 Å². The van der Waals surface area contributed by atoms with Gasteiger partial charge in [0, 0.05) is 41.8 Å². The Morgan fingerprint density at radius 1 is 1.17 bits per heavy atom. The third kappa shape index (κ3) is 5.58. The molecule has 5 rings (SSSR count). The first kappa shape index (κ1) is 29.1. The van der Waals surface area contributed by atoms with Gasteiger partial charge < -0.3 is 25.6 Å². The van der Waals surface area contributed by atoms with E-state index in [1.807, 2.05) is 0 Å². The summed E-state index contributed by atoms with van der Waals surface area (Å²) in [6.45, 7) is -3.27. The molecule has 1 aliphatic carbocycles. The number of halogens is 6. The molecular formula is C29H26ClF5N2O4. The number of ether oxygens (including phenoxy) is 2. The Balaban J connectivity index is 1.62. The second-order valence-corrected chi connectivity index (χ2v) is 10.6. The third-order valence-electron chi connectivity index (χ3n) is 7.61. The molecule has 218 valence electrons. The van der Waals surface area contributed by atoms with E-state index in [2.05, 4.69) is 10.1 Å². The Morgan fingerprint density at radius 2 is 1.90 bits per heavy atom. The van der Waals surface area contributed by atoms with Crippen LogP contribution in [0.3, 0.4) is 0 Å². The van der Waals surface area contributed by atoms with Crippen LogP contribution >= 0.6 is 11.6 Å². The number of aliphatic hydroxyl groups excluding tert-OH is 1. The highest BCUT2D eigenvalue weighted by Crippen LogP contribution is 2.50. The van der Waals surface area contributed by atoms with E-state index < -0.39 is 63.9 Å². The molecule has 0 spiro atoms. The zero-order chi connectivity index (χ0) is 29.5. The Hall–Kier alpha value is -3.41. The minimum absolute atomic E-state index is 0.00927. The van der Waals surface area contributed by atoms with Crippen molar-refractivity contribution in [1.29, 1.82) is 0 Å². The van der Waals surface area contributed by atoms with Crippen molar-refractivity contribution in [1.82, 2.24) is 5.32 Å². The molecule has 41 heavy (non-hydrogen) atoms. The Morgan fingerprint density at radius 3 is 2.56 bits per heavy atom. The molecule has 4 N–H and O–H groups in total. The fourth-order valence-corrected chi connectivity index (χ4v) is 5.85. The number of fused-ring (bicyclic) bond motifs is 1. The number of hydrogen-bond acceptors (Lipinski definition) is 5. The summed E-state index contributed by atoms with van der Waals surface area (Å²) in [7, 11) is 0. The minimum Gasteiger partial charge on any atom is -0.480 e. The highest BCUT2D eigenvalue weighted by molar-refractivity contribution is 6.34. The second kappa shape index (κ2) is 11.5. The van der Waals surface area contributed by atoms with Crippen molar-refractivity contribution in [3.63, 3.8) is 0 Å². The standard InChI is InChI=1S/C29H26ClF5N2O4/c30-25-19(32)11-22-17(23(25)24-16(27(36)39)7-9-21(26(24)33)40-28(34)35)12-29(41-22,14-4-2-1-3-5-14)13-37-15-6-8-20(38)18(31)10-15/h1-5,7,9,11,15,18,20,28,37-38H,6,8,10,12-13H2,(H2,36,39)/t15-,18+,20+,29?/m1/s1. The molecule has 2 aliphatic rings. The highest BCUT2D eigenvalue weighted by Gasteiger charge is 2.45. The van der Waals surface area contributed by atoms with Crippen molar-refractivity contribution in [2.24, 2.45) is 5.73 Å².